The lowest BCUT2D eigenvalue weighted by molar-refractivity contribution is -0.138. The summed E-state index contributed by atoms with van der Waals surface area (Å²) in [4.78, 5) is 19.7. The predicted octanol–water partition coefficient (Wildman–Crippen LogP) is 5.24. The average Bonchev–Trinajstić information content (AvgIpc) is 3.44. The number of nitrogens with two attached hydrogens (primary N) is 1. The van der Waals surface area contributed by atoms with Crippen LogP contribution in [0, 0.1) is 0 Å². The van der Waals surface area contributed by atoms with Gasteiger partial charge in [0, 0.05) is 29.5 Å². The van der Waals surface area contributed by atoms with Gasteiger partial charge in [-0.05, 0) is 72.0 Å². The van der Waals surface area contributed by atoms with Crippen LogP contribution in [0.3, 0.4) is 0 Å². The van der Waals surface area contributed by atoms with E-state index in [1.807, 2.05) is 11.0 Å². The zero-order valence-electron chi connectivity index (χ0n) is 18.4. The van der Waals surface area contributed by atoms with Gasteiger partial charge in [0.25, 0.3) is 5.91 Å². The molecule has 11 heteroatoms. The van der Waals surface area contributed by atoms with E-state index >= 15 is 0 Å². The van der Waals surface area contributed by atoms with Gasteiger partial charge in [0.1, 0.15) is 0 Å². The molecule has 182 valence electrons. The molecule has 0 saturated carbocycles. The summed E-state index contributed by atoms with van der Waals surface area (Å²) in [7, 11) is 0. The number of rotatable bonds is 3. The lowest BCUT2D eigenvalue weighted by Gasteiger charge is -2.30. The Hall–Kier alpha value is -2.82. The van der Waals surface area contributed by atoms with E-state index < -0.39 is 17.6 Å². The topological polar surface area (TPSA) is 87.4 Å². The van der Waals surface area contributed by atoms with Gasteiger partial charge in [0.2, 0.25) is 0 Å². The van der Waals surface area contributed by atoms with Crippen LogP contribution in [0.5, 0.6) is 0 Å². The van der Waals surface area contributed by atoms with Crippen LogP contribution in [0.2, 0.25) is 5.02 Å². The normalized spacial score (nSPS) is 18.9. The molecule has 0 bridgehead atoms. The van der Waals surface area contributed by atoms with Crippen molar-refractivity contribution in [3.8, 4) is 0 Å². The fraction of sp³-hybridized carbons (Fsp3) is 0.292. The van der Waals surface area contributed by atoms with Crippen molar-refractivity contribution in [2.45, 2.75) is 31.5 Å². The van der Waals surface area contributed by atoms with Crippen molar-refractivity contribution in [1.29, 1.82) is 0 Å². The van der Waals surface area contributed by atoms with Gasteiger partial charge in [-0.1, -0.05) is 23.7 Å². The van der Waals surface area contributed by atoms with Gasteiger partial charge in [-0.15, -0.1) is 0 Å². The van der Waals surface area contributed by atoms with Gasteiger partial charge in [-0.2, -0.15) is 23.3 Å². The summed E-state index contributed by atoms with van der Waals surface area (Å²) in [6.45, 7) is 1.36. The fourth-order valence-corrected chi connectivity index (χ4v) is 5.55. The second-order valence-corrected chi connectivity index (χ2v) is 10.00. The van der Waals surface area contributed by atoms with Crippen molar-refractivity contribution in [3.05, 3.63) is 69.2 Å². The zero-order valence-corrected chi connectivity index (χ0v) is 20.0. The minimum absolute atomic E-state index is 0.00432. The first-order valence-corrected chi connectivity index (χ1v) is 12.2. The molecule has 3 aromatic rings. The van der Waals surface area contributed by atoms with Crippen LogP contribution < -0.4 is 5.73 Å². The maximum Gasteiger partial charge on any atom is 0.416 e. The van der Waals surface area contributed by atoms with Crippen LogP contribution in [-0.2, 0) is 17.4 Å². The minimum atomic E-state index is -4.59. The highest BCUT2D eigenvalue weighted by Crippen LogP contribution is 2.41. The van der Waals surface area contributed by atoms with Gasteiger partial charge in [0.15, 0.2) is 5.17 Å². The standard InChI is InChI=1S/C24H21ClF3N5OS/c25-16-3-1-14(19(11-16)24(26,27)28)10-18(13-2-4-20-15(9-13)12-30-32-20)21-22(34)31-23(35-21)33-7-5-17(29)6-8-33/h1-4,9,11-12,17H,5-8,10,29H2,(H,30,32). The van der Waals surface area contributed by atoms with Crippen LogP contribution in [0.15, 0.2) is 52.5 Å². The van der Waals surface area contributed by atoms with Gasteiger partial charge in [0.05, 0.1) is 22.2 Å². The average molecular weight is 520 g/mol. The summed E-state index contributed by atoms with van der Waals surface area (Å²) in [6.07, 6.45) is -1.50. The third-order valence-electron chi connectivity index (χ3n) is 6.20. The SMILES string of the molecule is NC1CCN(C2=NC(=O)C(=C(Cc3ccc(Cl)cc3C(F)(F)F)c3ccc4[nH]ncc4c3)S2)CC1. The third-order valence-corrected chi connectivity index (χ3v) is 7.59. The quantitative estimate of drug-likeness (QED) is 0.462. The van der Waals surface area contributed by atoms with Gasteiger partial charge in [-0.3, -0.25) is 9.89 Å². The molecule has 1 saturated heterocycles. The van der Waals surface area contributed by atoms with E-state index in [2.05, 4.69) is 15.2 Å². The molecule has 1 fully saturated rings. The number of aromatic nitrogens is 2. The molecule has 0 aliphatic carbocycles. The van der Waals surface area contributed by atoms with Crippen LogP contribution in [-0.4, -0.2) is 45.3 Å². The number of aliphatic imine (C=N–C) groups is 1. The number of amidine groups is 1. The fourth-order valence-electron chi connectivity index (χ4n) is 4.31. The number of thioether (sulfide) groups is 1. The van der Waals surface area contributed by atoms with Crippen LogP contribution in [0.1, 0.15) is 29.5 Å². The molecule has 1 aromatic heterocycles. The smallest absolute Gasteiger partial charge is 0.351 e. The minimum Gasteiger partial charge on any atom is -0.351 e. The Kier molecular flexibility index (Phi) is 6.37. The van der Waals surface area contributed by atoms with Crippen molar-refractivity contribution in [2.24, 2.45) is 10.7 Å². The highest BCUT2D eigenvalue weighted by molar-refractivity contribution is 8.18. The van der Waals surface area contributed by atoms with E-state index in [4.69, 9.17) is 17.3 Å². The highest BCUT2D eigenvalue weighted by Gasteiger charge is 2.35. The number of hydrogen-bond donors (Lipinski definition) is 2. The first kappa shape index (κ1) is 23.9. The maximum atomic E-state index is 13.8. The highest BCUT2D eigenvalue weighted by atomic mass is 35.5. The van der Waals surface area contributed by atoms with E-state index in [1.165, 1.54) is 23.9 Å². The Labute approximate surface area is 208 Å². The summed E-state index contributed by atoms with van der Waals surface area (Å²) in [6, 6.07) is 9.21. The number of hydrogen-bond acceptors (Lipinski definition) is 5. The molecule has 0 atom stereocenters. The van der Waals surface area contributed by atoms with Crippen LogP contribution in [0.4, 0.5) is 13.2 Å². The number of likely N-dealkylation sites (tertiary alicyclic amines) is 1. The van der Waals surface area contributed by atoms with Gasteiger partial charge < -0.3 is 10.6 Å². The number of H-pyrrole nitrogens is 1. The Bertz CT molecular complexity index is 1360. The largest absolute Gasteiger partial charge is 0.416 e. The third kappa shape index (κ3) is 4.96. The first-order chi connectivity index (χ1) is 16.7. The molecule has 0 unspecified atom stereocenters. The predicted molar refractivity (Wildman–Crippen MR) is 132 cm³/mol. The molecule has 6 nitrogen and oxygen atoms in total. The maximum absolute atomic E-state index is 13.8. The van der Waals surface area contributed by atoms with Crippen LogP contribution in [0.25, 0.3) is 16.5 Å². The molecule has 2 aliphatic heterocycles. The number of amides is 1. The molecule has 3 N–H and O–H groups in total. The van der Waals surface area contributed by atoms with E-state index in [-0.39, 0.29) is 23.0 Å². The van der Waals surface area contributed by atoms with Crippen LogP contribution >= 0.6 is 23.4 Å². The molecule has 35 heavy (non-hydrogen) atoms. The van der Waals surface area contributed by atoms with E-state index in [1.54, 1.807) is 18.3 Å². The molecule has 5 rings (SSSR count). The second kappa shape index (κ2) is 9.33. The number of halogens is 4. The molecule has 2 aromatic carbocycles. The molecular formula is C24H21ClF3N5OS. The second-order valence-electron chi connectivity index (χ2n) is 8.58. The van der Waals surface area contributed by atoms with Crippen molar-refractivity contribution in [3.63, 3.8) is 0 Å². The summed E-state index contributed by atoms with van der Waals surface area (Å²) >= 11 is 7.09. The van der Waals surface area contributed by atoms with Crippen molar-refractivity contribution >= 4 is 50.9 Å². The number of nitrogens with one attached hydrogen (secondary N) is 1. The van der Waals surface area contributed by atoms with E-state index in [0.717, 1.165) is 29.8 Å². The van der Waals surface area contributed by atoms with Gasteiger partial charge in [-0.25, -0.2) is 0 Å². The number of carbonyl (C=O) groups excluding carboxylic acids is 1. The molecule has 3 heterocycles. The number of piperidine rings is 1. The number of carbonyl (C=O) groups is 1. The summed E-state index contributed by atoms with van der Waals surface area (Å²) in [5, 5.41) is 8.22. The molecule has 0 radical (unpaired) electrons. The van der Waals surface area contributed by atoms with Gasteiger partial charge >= 0.3 is 6.18 Å². The van der Waals surface area contributed by atoms with Crippen molar-refractivity contribution in [2.75, 3.05) is 13.1 Å². The lowest BCUT2D eigenvalue weighted by atomic mass is 9.93. The zero-order chi connectivity index (χ0) is 24.7. The summed E-state index contributed by atoms with van der Waals surface area (Å²) in [5.41, 5.74) is 7.10. The summed E-state index contributed by atoms with van der Waals surface area (Å²) in [5.74, 6) is -0.454. The Morgan fingerprint density at radius 3 is 2.71 bits per heavy atom. The Morgan fingerprint density at radius 1 is 1.20 bits per heavy atom. The van der Waals surface area contributed by atoms with E-state index in [0.29, 0.717) is 34.3 Å². The number of nitrogens with zero attached hydrogens (tertiary/aromatic N) is 3. The number of allylic oxidation sites excluding steroid dienone is 1. The molecule has 2 aliphatic rings. The lowest BCUT2D eigenvalue weighted by Crippen LogP contribution is -2.41. The monoisotopic (exact) mass is 519 g/mol. The van der Waals surface area contributed by atoms with Crippen molar-refractivity contribution in [1.82, 2.24) is 15.1 Å². The number of benzene rings is 2. The molecular weight excluding hydrogens is 499 g/mol. The first-order valence-electron chi connectivity index (χ1n) is 11.0. The Morgan fingerprint density at radius 2 is 1.97 bits per heavy atom. The van der Waals surface area contributed by atoms with Crippen molar-refractivity contribution < 1.29 is 18.0 Å². The van der Waals surface area contributed by atoms with E-state index in [9.17, 15) is 18.0 Å². The number of fused-ring (bicyclic) bond motifs is 1. The summed E-state index contributed by atoms with van der Waals surface area (Å²) < 4.78 is 41.5. The number of alkyl halides is 3. The number of aromatic amines is 1. The molecule has 0 spiro atoms. The Balaban J connectivity index is 1.58. The molecule has 1 amide bonds.